The molecule has 0 spiro atoms. The number of nitrogens with zero attached hydrogens (tertiary/aromatic N) is 1. The Morgan fingerprint density at radius 2 is 1.65 bits per heavy atom. The van der Waals surface area contributed by atoms with Crippen molar-refractivity contribution in [1.29, 1.82) is 0 Å². The minimum Gasteiger partial charge on any atom is -0.493 e. The van der Waals surface area contributed by atoms with Crippen LogP contribution in [-0.2, 0) is 19.6 Å². The minimum absolute atomic E-state index is 0.0333. The second-order valence-corrected chi connectivity index (χ2v) is 9.74. The summed E-state index contributed by atoms with van der Waals surface area (Å²) in [5, 5.41) is 2.26. The number of hydrogen-bond donors (Lipinski definition) is 1. The molecule has 0 radical (unpaired) electrons. The van der Waals surface area contributed by atoms with Crippen LogP contribution in [0.2, 0.25) is 5.02 Å². The number of halogens is 2. The smallest absolute Gasteiger partial charge is 0.338 e. The van der Waals surface area contributed by atoms with E-state index in [1.807, 2.05) is 0 Å². The first-order chi connectivity index (χ1) is 17.6. The van der Waals surface area contributed by atoms with Gasteiger partial charge in [-0.25, -0.2) is 17.6 Å². The number of carbonyl (C=O) groups excluding carboxylic acids is 2. The zero-order chi connectivity index (χ0) is 27.2. The minimum atomic E-state index is -4.36. The SMILES string of the molecule is CCOC(=O)c1ccc(NC(=O)CN(c2ccc(F)c(Cl)c2)S(=O)(=O)c2ccc(OC)c(OC)c2)cc1. The first-order valence-corrected chi connectivity index (χ1v) is 12.7. The third kappa shape index (κ3) is 6.49. The molecule has 1 amide bonds. The van der Waals surface area contributed by atoms with E-state index in [9.17, 15) is 22.4 Å². The van der Waals surface area contributed by atoms with Gasteiger partial charge < -0.3 is 19.5 Å². The topological polar surface area (TPSA) is 111 Å². The lowest BCUT2D eigenvalue weighted by molar-refractivity contribution is -0.114. The van der Waals surface area contributed by atoms with Gasteiger partial charge in [0.2, 0.25) is 5.91 Å². The van der Waals surface area contributed by atoms with Crippen molar-refractivity contribution >= 4 is 44.9 Å². The Hall–Kier alpha value is -3.83. The molecule has 9 nitrogen and oxygen atoms in total. The Morgan fingerprint density at radius 1 is 0.973 bits per heavy atom. The van der Waals surface area contributed by atoms with E-state index in [4.69, 9.17) is 25.8 Å². The van der Waals surface area contributed by atoms with Crippen molar-refractivity contribution < 1.29 is 36.6 Å². The highest BCUT2D eigenvalue weighted by atomic mass is 35.5. The van der Waals surface area contributed by atoms with Crippen LogP contribution in [0.15, 0.2) is 65.6 Å². The lowest BCUT2D eigenvalue weighted by Crippen LogP contribution is -2.38. The molecular formula is C25H24ClFN2O7S. The van der Waals surface area contributed by atoms with Crippen LogP contribution in [0.25, 0.3) is 0 Å². The van der Waals surface area contributed by atoms with Crippen molar-refractivity contribution in [3.05, 3.63) is 77.1 Å². The number of benzene rings is 3. The van der Waals surface area contributed by atoms with Gasteiger partial charge in [0, 0.05) is 11.8 Å². The van der Waals surface area contributed by atoms with Gasteiger partial charge in [0.1, 0.15) is 12.4 Å². The summed E-state index contributed by atoms with van der Waals surface area (Å²) in [5.74, 6) is -1.50. The summed E-state index contributed by atoms with van der Waals surface area (Å²) in [6.07, 6.45) is 0. The monoisotopic (exact) mass is 550 g/mol. The molecule has 0 saturated carbocycles. The third-order valence-electron chi connectivity index (χ3n) is 5.10. The molecule has 0 aliphatic heterocycles. The summed E-state index contributed by atoms with van der Waals surface area (Å²) in [7, 11) is -1.60. The molecule has 37 heavy (non-hydrogen) atoms. The Kier molecular flexibility index (Phi) is 8.95. The van der Waals surface area contributed by atoms with Crippen LogP contribution in [-0.4, -0.2) is 47.7 Å². The number of ether oxygens (including phenoxy) is 3. The van der Waals surface area contributed by atoms with Crippen LogP contribution in [0.5, 0.6) is 11.5 Å². The van der Waals surface area contributed by atoms with E-state index >= 15 is 0 Å². The number of esters is 1. The molecule has 0 bridgehead atoms. The largest absolute Gasteiger partial charge is 0.493 e. The lowest BCUT2D eigenvalue weighted by Gasteiger charge is -2.25. The predicted octanol–water partition coefficient (Wildman–Crippen LogP) is 4.51. The maximum atomic E-state index is 13.8. The molecule has 3 aromatic rings. The van der Waals surface area contributed by atoms with E-state index in [2.05, 4.69) is 5.32 Å². The van der Waals surface area contributed by atoms with E-state index in [1.165, 1.54) is 62.8 Å². The normalized spacial score (nSPS) is 10.9. The molecular weight excluding hydrogens is 527 g/mol. The van der Waals surface area contributed by atoms with Gasteiger partial charge in [-0.15, -0.1) is 0 Å². The second-order valence-electron chi connectivity index (χ2n) is 7.47. The van der Waals surface area contributed by atoms with Crippen molar-refractivity contribution in [2.45, 2.75) is 11.8 Å². The number of nitrogens with one attached hydrogen (secondary N) is 1. The number of amides is 1. The molecule has 0 aliphatic rings. The number of sulfonamides is 1. The molecule has 0 aromatic heterocycles. The van der Waals surface area contributed by atoms with Crippen LogP contribution in [0.1, 0.15) is 17.3 Å². The molecule has 0 unspecified atom stereocenters. The van der Waals surface area contributed by atoms with Gasteiger partial charge in [0.25, 0.3) is 10.0 Å². The fourth-order valence-electron chi connectivity index (χ4n) is 3.29. The summed E-state index contributed by atoms with van der Waals surface area (Å²) in [5.41, 5.74) is 0.575. The van der Waals surface area contributed by atoms with Gasteiger partial charge in [-0.05, 0) is 61.5 Å². The summed E-state index contributed by atoms with van der Waals surface area (Å²) >= 11 is 5.90. The van der Waals surface area contributed by atoms with Gasteiger partial charge in [0.05, 0.1) is 42.0 Å². The first-order valence-electron chi connectivity index (χ1n) is 10.9. The van der Waals surface area contributed by atoms with Crippen molar-refractivity contribution in [2.75, 3.05) is 37.0 Å². The number of carbonyl (C=O) groups is 2. The zero-order valence-electron chi connectivity index (χ0n) is 20.2. The van der Waals surface area contributed by atoms with Gasteiger partial charge >= 0.3 is 5.97 Å². The van der Waals surface area contributed by atoms with Crippen molar-refractivity contribution in [1.82, 2.24) is 0 Å². The maximum absolute atomic E-state index is 13.8. The zero-order valence-corrected chi connectivity index (χ0v) is 21.7. The van der Waals surface area contributed by atoms with Gasteiger partial charge in [0.15, 0.2) is 11.5 Å². The molecule has 3 rings (SSSR count). The molecule has 0 heterocycles. The number of methoxy groups -OCH3 is 2. The first kappa shape index (κ1) is 27.8. The molecule has 196 valence electrons. The Morgan fingerprint density at radius 3 is 2.24 bits per heavy atom. The third-order valence-corrected chi connectivity index (χ3v) is 7.16. The molecule has 0 fully saturated rings. The molecule has 12 heteroatoms. The molecule has 0 atom stereocenters. The highest BCUT2D eigenvalue weighted by Crippen LogP contribution is 2.33. The molecule has 1 N–H and O–H groups in total. The Bertz CT molecular complexity index is 1400. The average molecular weight is 551 g/mol. The van der Waals surface area contributed by atoms with E-state index in [0.29, 0.717) is 17.0 Å². The van der Waals surface area contributed by atoms with Crippen LogP contribution in [0.4, 0.5) is 15.8 Å². The fraction of sp³-hybridized carbons (Fsp3) is 0.200. The predicted molar refractivity (Wildman–Crippen MR) is 137 cm³/mol. The fourth-order valence-corrected chi connectivity index (χ4v) is 4.90. The second kappa shape index (κ2) is 11.9. The highest BCUT2D eigenvalue weighted by molar-refractivity contribution is 7.92. The number of rotatable bonds is 10. The van der Waals surface area contributed by atoms with Gasteiger partial charge in [-0.3, -0.25) is 9.10 Å². The number of hydrogen-bond acceptors (Lipinski definition) is 7. The summed E-state index contributed by atoms with van der Waals surface area (Å²) in [6, 6.07) is 13.1. The van der Waals surface area contributed by atoms with Crippen LogP contribution < -0.4 is 19.1 Å². The van der Waals surface area contributed by atoms with Crippen molar-refractivity contribution in [3.8, 4) is 11.5 Å². The summed E-state index contributed by atoms with van der Waals surface area (Å²) in [4.78, 5) is 24.5. The van der Waals surface area contributed by atoms with E-state index < -0.39 is 34.3 Å². The average Bonchev–Trinajstić information content (AvgIpc) is 2.89. The van der Waals surface area contributed by atoms with Crippen LogP contribution >= 0.6 is 11.6 Å². The standard InChI is InChI=1S/C25H24ClFN2O7S/c1-4-36-25(31)16-5-7-17(8-6-16)28-24(30)15-29(18-9-11-21(27)20(26)13-18)37(32,33)19-10-12-22(34-2)23(14-19)35-3/h5-14H,4,15H2,1-3H3,(H,28,30). The summed E-state index contributed by atoms with van der Waals surface area (Å²) in [6.45, 7) is 1.23. The van der Waals surface area contributed by atoms with Crippen molar-refractivity contribution in [3.63, 3.8) is 0 Å². The summed E-state index contributed by atoms with van der Waals surface area (Å²) < 4.78 is 57.1. The Labute approximate surface area is 218 Å². The Balaban J connectivity index is 1.93. The van der Waals surface area contributed by atoms with Crippen LogP contribution in [0, 0.1) is 5.82 Å². The quantitative estimate of drug-likeness (QED) is 0.370. The van der Waals surface area contributed by atoms with Gasteiger partial charge in [-0.1, -0.05) is 11.6 Å². The molecule has 3 aromatic carbocycles. The molecule has 0 aliphatic carbocycles. The van der Waals surface area contributed by atoms with E-state index in [0.717, 1.165) is 16.4 Å². The van der Waals surface area contributed by atoms with E-state index in [-0.39, 0.29) is 28.0 Å². The van der Waals surface area contributed by atoms with Gasteiger partial charge in [-0.2, -0.15) is 0 Å². The molecule has 0 saturated heterocycles. The van der Waals surface area contributed by atoms with E-state index in [1.54, 1.807) is 6.92 Å². The number of anilines is 2. The maximum Gasteiger partial charge on any atom is 0.338 e. The van der Waals surface area contributed by atoms with Crippen LogP contribution in [0.3, 0.4) is 0 Å². The highest BCUT2D eigenvalue weighted by Gasteiger charge is 2.29. The lowest BCUT2D eigenvalue weighted by atomic mass is 10.2. The van der Waals surface area contributed by atoms with Crippen molar-refractivity contribution in [2.24, 2.45) is 0 Å².